The number of aliphatic imine (C=N–C) groups is 1. The van der Waals surface area contributed by atoms with Crippen LogP contribution in [0.15, 0.2) is 151 Å². The van der Waals surface area contributed by atoms with Gasteiger partial charge in [-0.15, -0.1) is 0 Å². The van der Waals surface area contributed by atoms with Crippen LogP contribution in [0.4, 0.5) is 0 Å². The fraction of sp³-hybridized carbons (Fsp3) is 0.119. The molecule has 4 nitrogen and oxygen atoms in total. The van der Waals surface area contributed by atoms with Crippen molar-refractivity contribution in [2.24, 2.45) is 4.99 Å². The number of nitrogens with one attached hydrogen (secondary N) is 2. The lowest BCUT2D eigenvalue weighted by atomic mass is 9.82. The molecule has 1 aliphatic heterocycles. The Morgan fingerprint density at radius 2 is 1.26 bits per heavy atom. The molecule has 222 valence electrons. The van der Waals surface area contributed by atoms with Crippen LogP contribution >= 0.6 is 0 Å². The van der Waals surface area contributed by atoms with Gasteiger partial charge in [-0.1, -0.05) is 117 Å². The molecular weight excluding hydrogens is 560 g/mol. The molecule has 0 fully saturated rings. The molecule has 9 rings (SSSR count). The second kappa shape index (κ2) is 10.3. The molecule has 4 heteroatoms. The Bertz CT molecular complexity index is 2280. The summed E-state index contributed by atoms with van der Waals surface area (Å²) in [5.74, 6) is 0.881. The topological polar surface area (TPSA) is 41.4 Å². The van der Waals surface area contributed by atoms with E-state index in [0.717, 1.165) is 22.6 Å². The van der Waals surface area contributed by atoms with Crippen LogP contribution < -0.4 is 10.6 Å². The minimum atomic E-state index is -0.158. The highest BCUT2D eigenvalue weighted by molar-refractivity contribution is 6.11. The minimum absolute atomic E-state index is 0.0389. The Balaban J connectivity index is 1.16. The maximum absolute atomic E-state index is 5.15. The van der Waals surface area contributed by atoms with Crippen LogP contribution in [0.25, 0.3) is 38.6 Å². The van der Waals surface area contributed by atoms with E-state index in [4.69, 9.17) is 4.99 Å². The number of benzene rings is 6. The van der Waals surface area contributed by atoms with Gasteiger partial charge in [0.25, 0.3) is 0 Å². The first-order valence-electron chi connectivity index (χ1n) is 16.0. The second-order valence-electron chi connectivity index (χ2n) is 12.9. The van der Waals surface area contributed by atoms with Gasteiger partial charge in [0, 0.05) is 27.4 Å². The standard InChI is InChI=1S/C42H34N4/c1-42(2)35-19-11-9-17-31(35)33-26-38-34(25-36(33)42)32-18-10-12-20-37(32)46(38)30-23-21-29(22-24-30)41-44-39(27-13-5-3-6-14-27)43-40(45-41)28-15-7-4-8-16-28/h3-26,39-40,43H,1-2H3,(H,44,45). The van der Waals surface area contributed by atoms with Crippen LogP contribution in [0.1, 0.15) is 54.0 Å². The number of nitrogens with zero attached hydrogens (tertiary/aromatic N) is 2. The van der Waals surface area contributed by atoms with Gasteiger partial charge in [-0.25, -0.2) is 4.99 Å². The highest BCUT2D eigenvalue weighted by Gasteiger charge is 2.36. The molecule has 0 amide bonds. The average Bonchev–Trinajstić information content (AvgIpc) is 3.56. The van der Waals surface area contributed by atoms with Gasteiger partial charge in [-0.2, -0.15) is 0 Å². The van der Waals surface area contributed by atoms with Crippen molar-refractivity contribution in [3.05, 3.63) is 173 Å². The summed E-state index contributed by atoms with van der Waals surface area (Å²) in [5.41, 5.74) is 12.4. The van der Waals surface area contributed by atoms with Gasteiger partial charge in [-0.05, 0) is 75.8 Å². The van der Waals surface area contributed by atoms with Crippen molar-refractivity contribution in [1.29, 1.82) is 0 Å². The molecule has 1 aliphatic carbocycles. The SMILES string of the molecule is CC1(C)c2ccccc2-c2cc3c(cc21)c1ccccc1n3-c1ccc(C2=NC(c3ccccc3)NC(c3ccccc3)N2)cc1. The van der Waals surface area contributed by atoms with E-state index in [-0.39, 0.29) is 17.7 Å². The summed E-state index contributed by atoms with van der Waals surface area (Å²) in [6.45, 7) is 4.70. The Hall–Kier alpha value is -5.45. The largest absolute Gasteiger partial charge is 0.350 e. The van der Waals surface area contributed by atoms with Gasteiger partial charge in [-0.3, -0.25) is 5.32 Å². The number of hydrogen-bond acceptors (Lipinski definition) is 3. The first kappa shape index (κ1) is 26.9. The van der Waals surface area contributed by atoms with E-state index in [1.165, 1.54) is 49.6 Å². The van der Waals surface area contributed by atoms with Crippen molar-refractivity contribution < 1.29 is 0 Å². The third kappa shape index (κ3) is 4.14. The van der Waals surface area contributed by atoms with E-state index in [1.807, 2.05) is 6.07 Å². The molecule has 7 aromatic rings. The summed E-state index contributed by atoms with van der Waals surface area (Å²) in [6, 6.07) is 52.3. The Kier molecular flexibility index (Phi) is 6.02. The smallest absolute Gasteiger partial charge is 0.131 e. The number of aromatic nitrogens is 1. The average molecular weight is 595 g/mol. The Morgan fingerprint density at radius 3 is 2.04 bits per heavy atom. The Morgan fingerprint density at radius 1 is 0.587 bits per heavy atom. The molecule has 0 saturated heterocycles. The number of amidine groups is 1. The fourth-order valence-corrected chi connectivity index (χ4v) is 7.54. The van der Waals surface area contributed by atoms with Crippen molar-refractivity contribution in [3.63, 3.8) is 0 Å². The molecule has 0 bridgehead atoms. The molecule has 0 spiro atoms. The summed E-state index contributed by atoms with van der Waals surface area (Å²) in [6.07, 6.45) is -0.223. The number of rotatable bonds is 4. The maximum Gasteiger partial charge on any atom is 0.131 e. The van der Waals surface area contributed by atoms with E-state index >= 15 is 0 Å². The maximum atomic E-state index is 5.15. The molecule has 2 atom stereocenters. The van der Waals surface area contributed by atoms with Crippen LogP contribution in [0.2, 0.25) is 0 Å². The summed E-state index contributed by atoms with van der Waals surface area (Å²) < 4.78 is 2.42. The predicted molar refractivity (Wildman–Crippen MR) is 190 cm³/mol. The molecule has 2 N–H and O–H groups in total. The predicted octanol–water partition coefficient (Wildman–Crippen LogP) is 9.43. The number of fused-ring (bicyclic) bond motifs is 6. The van der Waals surface area contributed by atoms with Crippen LogP contribution in [-0.2, 0) is 5.41 Å². The third-order valence-electron chi connectivity index (χ3n) is 9.89. The first-order valence-corrected chi connectivity index (χ1v) is 16.0. The van der Waals surface area contributed by atoms with Crippen molar-refractivity contribution in [2.75, 3.05) is 0 Å². The zero-order chi connectivity index (χ0) is 30.8. The molecular formula is C42H34N4. The van der Waals surface area contributed by atoms with Gasteiger partial charge >= 0.3 is 0 Å². The molecule has 0 radical (unpaired) electrons. The van der Waals surface area contributed by atoms with E-state index in [2.05, 4.69) is 169 Å². The minimum Gasteiger partial charge on any atom is -0.350 e. The highest BCUT2D eigenvalue weighted by atomic mass is 15.3. The molecule has 2 unspecified atom stereocenters. The Labute approximate surface area is 269 Å². The van der Waals surface area contributed by atoms with E-state index in [0.29, 0.717) is 0 Å². The molecule has 6 aromatic carbocycles. The van der Waals surface area contributed by atoms with Crippen molar-refractivity contribution in [1.82, 2.24) is 15.2 Å². The van der Waals surface area contributed by atoms with E-state index < -0.39 is 0 Å². The van der Waals surface area contributed by atoms with Crippen molar-refractivity contribution >= 4 is 27.6 Å². The lowest BCUT2D eigenvalue weighted by Crippen LogP contribution is -2.44. The lowest BCUT2D eigenvalue weighted by molar-refractivity contribution is 0.409. The zero-order valence-electron chi connectivity index (χ0n) is 25.9. The quantitative estimate of drug-likeness (QED) is 0.213. The molecule has 2 heterocycles. The zero-order valence-corrected chi connectivity index (χ0v) is 25.9. The summed E-state index contributed by atoms with van der Waals surface area (Å²) in [4.78, 5) is 5.15. The molecule has 0 saturated carbocycles. The number of para-hydroxylation sites is 1. The normalized spacial score (nSPS) is 18.2. The monoisotopic (exact) mass is 594 g/mol. The van der Waals surface area contributed by atoms with Gasteiger partial charge in [0.15, 0.2) is 0 Å². The first-order chi connectivity index (χ1) is 22.6. The fourth-order valence-electron chi connectivity index (χ4n) is 7.54. The van der Waals surface area contributed by atoms with Crippen LogP contribution in [0.3, 0.4) is 0 Å². The van der Waals surface area contributed by atoms with Gasteiger partial charge in [0.2, 0.25) is 0 Å². The molecule has 1 aromatic heterocycles. The molecule has 46 heavy (non-hydrogen) atoms. The van der Waals surface area contributed by atoms with Crippen LogP contribution in [0, 0.1) is 0 Å². The lowest BCUT2D eigenvalue weighted by Gasteiger charge is -2.32. The van der Waals surface area contributed by atoms with Gasteiger partial charge in [0.1, 0.15) is 18.2 Å². The third-order valence-corrected chi connectivity index (χ3v) is 9.89. The van der Waals surface area contributed by atoms with Crippen LogP contribution in [0.5, 0.6) is 0 Å². The van der Waals surface area contributed by atoms with Gasteiger partial charge < -0.3 is 9.88 Å². The second-order valence-corrected chi connectivity index (χ2v) is 12.9. The van der Waals surface area contributed by atoms with Crippen LogP contribution in [-0.4, -0.2) is 10.4 Å². The van der Waals surface area contributed by atoms with Gasteiger partial charge in [0.05, 0.1) is 11.0 Å². The number of hydrogen-bond donors (Lipinski definition) is 2. The molecule has 2 aliphatic rings. The van der Waals surface area contributed by atoms with Crippen molar-refractivity contribution in [3.8, 4) is 16.8 Å². The summed E-state index contributed by atoms with van der Waals surface area (Å²) in [7, 11) is 0. The highest BCUT2D eigenvalue weighted by Crippen LogP contribution is 2.50. The summed E-state index contributed by atoms with van der Waals surface area (Å²) in [5, 5.41) is 9.93. The van der Waals surface area contributed by atoms with E-state index in [1.54, 1.807) is 0 Å². The summed E-state index contributed by atoms with van der Waals surface area (Å²) >= 11 is 0. The van der Waals surface area contributed by atoms with Crippen molar-refractivity contribution in [2.45, 2.75) is 31.6 Å². The van der Waals surface area contributed by atoms with E-state index in [9.17, 15) is 0 Å².